The Bertz CT molecular complexity index is 705. The first-order valence-electron chi connectivity index (χ1n) is 8.02. The number of benzene rings is 1. The molecule has 0 radical (unpaired) electrons. The number of rotatable bonds is 7. The number of carbonyl (C=O) groups is 1. The summed E-state index contributed by atoms with van der Waals surface area (Å²) in [5.41, 5.74) is 2.67. The van der Waals surface area contributed by atoms with Gasteiger partial charge in [0.1, 0.15) is 0 Å². The normalized spacial score (nSPS) is 10.5. The summed E-state index contributed by atoms with van der Waals surface area (Å²) in [5.74, 6) is -0.0483. The minimum absolute atomic E-state index is 0.0483. The number of amides is 1. The molecule has 1 heterocycles. The fraction of sp³-hybridized carbons (Fsp3) is 0.389. The maximum absolute atomic E-state index is 11.9. The summed E-state index contributed by atoms with van der Waals surface area (Å²) >= 11 is 0. The second-order valence-electron chi connectivity index (χ2n) is 5.60. The molecule has 0 aliphatic rings. The molecule has 122 valence electrons. The zero-order valence-electron chi connectivity index (χ0n) is 13.7. The van der Waals surface area contributed by atoms with Crippen molar-refractivity contribution >= 4 is 5.91 Å². The van der Waals surface area contributed by atoms with Crippen molar-refractivity contribution in [2.24, 2.45) is 0 Å². The lowest BCUT2D eigenvalue weighted by molar-refractivity contribution is -0.121. The molecule has 1 N–H and O–H groups in total. The largest absolute Gasteiger partial charge is 0.356 e. The average molecular weight is 313 g/mol. The number of nitrogens with zero attached hydrogens (tertiary/aromatic N) is 2. The van der Waals surface area contributed by atoms with Gasteiger partial charge in [-0.05, 0) is 19.4 Å². The monoisotopic (exact) mass is 313 g/mol. The lowest BCUT2D eigenvalue weighted by atomic mass is 10.1. The minimum Gasteiger partial charge on any atom is -0.356 e. The molecule has 0 saturated heterocycles. The molecule has 0 aliphatic heterocycles. The van der Waals surface area contributed by atoms with Crippen molar-refractivity contribution in [3.05, 3.63) is 52.3 Å². The van der Waals surface area contributed by atoms with E-state index in [0.717, 1.165) is 24.1 Å². The van der Waals surface area contributed by atoms with Crippen LogP contribution in [0.2, 0.25) is 0 Å². The summed E-state index contributed by atoms with van der Waals surface area (Å²) in [6.45, 7) is 5.07. The van der Waals surface area contributed by atoms with Crippen molar-refractivity contribution in [3.63, 3.8) is 0 Å². The van der Waals surface area contributed by atoms with Gasteiger partial charge >= 0.3 is 0 Å². The summed E-state index contributed by atoms with van der Waals surface area (Å²) in [7, 11) is 0. The van der Waals surface area contributed by atoms with E-state index in [9.17, 15) is 9.59 Å². The predicted molar refractivity (Wildman–Crippen MR) is 91.2 cm³/mol. The second kappa shape index (κ2) is 8.27. The molecular weight excluding hydrogens is 290 g/mol. The third-order valence-corrected chi connectivity index (χ3v) is 3.62. The van der Waals surface area contributed by atoms with Crippen molar-refractivity contribution in [2.45, 2.75) is 39.7 Å². The Kier molecular flexibility index (Phi) is 6.09. The van der Waals surface area contributed by atoms with Gasteiger partial charge in [0.05, 0.1) is 12.2 Å². The Morgan fingerprint density at radius 2 is 1.91 bits per heavy atom. The van der Waals surface area contributed by atoms with Gasteiger partial charge in [-0.25, -0.2) is 4.68 Å². The molecule has 23 heavy (non-hydrogen) atoms. The standard InChI is InChI=1S/C18H23N3O2/c1-3-4-12-19-17(22)11-13-21-18(23)10-9-16(20-21)15-7-5-14(2)6-8-15/h5-10H,3-4,11-13H2,1-2H3,(H,19,22). The van der Waals surface area contributed by atoms with E-state index in [1.165, 1.54) is 16.3 Å². The Morgan fingerprint density at radius 3 is 2.61 bits per heavy atom. The molecule has 0 aliphatic carbocycles. The SMILES string of the molecule is CCCCNC(=O)CCn1nc(-c2ccc(C)cc2)ccc1=O. The van der Waals surface area contributed by atoms with Crippen LogP contribution >= 0.6 is 0 Å². The Hall–Kier alpha value is -2.43. The highest BCUT2D eigenvalue weighted by Gasteiger charge is 2.06. The third-order valence-electron chi connectivity index (χ3n) is 3.62. The Morgan fingerprint density at radius 1 is 1.17 bits per heavy atom. The molecular formula is C18H23N3O2. The lowest BCUT2D eigenvalue weighted by Gasteiger charge is -2.08. The van der Waals surface area contributed by atoms with Gasteiger partial charge in [-0.3, -0.25) is 9.59 Å². The number of carbonyl (C=O) groups excluding carboxylic acids is 1. The molecule has 1 amide bonds. The summed E-state index contributed by atoms with van der Waals surface area (Å²) in [5, 5.41) is 7.21. The highest BCUT2D eigenvalue weighted by atomic mass is 16.2. The number of unbranched alkanes of at least 4 members (excludes halogenated alkanes) is 1. The van der Waals surface area contributed by atoms with E-state index in [4.69, 9.17) is 0 Å². The number of aromatic nitrogens is 2. The minimum atomic E-state index is -0.192. The molecule has 0 fully saturated rings. The van der Waals surface area contributed by atoms with E-state index in [0.29, 0.717) is 6.54 Å². The fourth-order valence-electron chi connectivity index (χ4n) is 2.19. The van der Waals surface area contributed by atoms with E-state index in [1.54, 1.807) is 6.07 Å². The summed E-state index contributed by atoms with van der Waals surface area (Å²) < 4.78 is 1.36. The molecule has 1 aromatic carbocycles. The van der Waals surface area contributed by atoms with E-state index in [1.807, 2.05) is 31.2 Å². The number of nitrogens with one attached hydrogen (secondary N) is 1. The third kappa shape index (κ3) is 5.06. The van der Waals surface area contributed by atoms with Crippen molar-refractivity contribution in [1.82, 2.24) is 15.1 Å². The van der Waals surface area contributed by atoms with Crippen molar-refractivity contribution in [1.29, 1.82) is 0 Å². The first kappa shape index (κ1) is 16.9. The van der Waals surface area contributed by atoms with Crippen LogP contribution in [-0.2, 0) is 11.3 Å². The molecule has 0 bridgehead atoms. The first-order chi connectivity index (χ1) is 11.1. The van der Waals surface area contributed by atoms with Gasteiger partial charge in [-0.15, -0.1) is 0 Å². The van der Waals surface area contributed by atoms with Gasteiger partial charge in [-0.1, -0.05) is 43.2 Å². The van der Waals surface area contributed by atoms with Crippen LogP contribution in [0.3, 0.4) is 0 Å². The molecule has 0 saturated carbocycles. The quantitative estimate of drug-likeness (QED) is 0.799. The lowest BCUT2D eigenvalue weighted by Crippen LogP contribution is -2.29. The summed E-state index contributed by atoms with van der Waals surface area (Å²) in [4.78, 5) is 23.6. The van der Waals surface area contributed by atoms with Gasteiger partial charge in [0.15, 0.2) is 0 Å². The van der Waals surface area contributed by atoms with Crippen molar-refractivity contribution < 1.29 is 4.79 Å². The van der Waals surface area contributed by atoms with Gasteiger partial charge in [0.2, 0.25) is 5.91 Å². The summed E-state index contributed by atoms with van der Waals surface area (Å²) in [6, 6.07) is 11.2. The predicted octanol–water partition coefficient (Wildman–Crippen LogP) is 2.53. The van der Waals surface area contributed by atoms with Crippen LogP contribution in [0.5, 0.6) is 0 Å². The zero-order valence-corrected chi connectivity index (χ0v) is 13.7. The van der Waals surface area contributed by atoms with Crippen molar-refractivity contribution in [3.8, 4) is 11.3 Å². The van der Waals surface area contributed by atoms with Crippen LogP contribution in [-0.4, -0.2) is 22.2 Å². The number of hydrogen-bond acceptors (Lipinski definition) is 3. The maximum Gasteiger partial charge on any atom is 0.266 e. The van der Waals surface area contributed by atoms with Crippen molar-refractivity contribution in [2.75, 3.05) is 6.54 Å². The van der Waals surface area contributed by atoms with Crippen LogP contribution in [0.1, 0.15) is 31.7 Å². The summed E-state index contributed by atoms with van der Waals surface area (Å²) in [6.07, 6.45) is 2.26. The second-order valence-corrected chi connectivity index (χ2v) is 5.60. The van der Waals surface area contributed by atoms with E-state index >= 15 is 0 Å². The molecule has 1 aromatic heterocycles. The van der Waals surface area contributed by atoms with Crippen LogP contribution in [0.25, 0.3) is 11.3 Å². The highest BCUT2D eigenvalue weighted by Crippen LogP contribution is 2.15. The molecule has 2 rings (SSSR count). The maximum atomic E-state index is 11.9. The zero-order chi connectivity index (χ0) is 16.7. The molecule has 5 heteroatoms. The first-order valence-corrected chi connectivity index (χ1v) is 8.02. The van der Waals surface area contributed by atoms with Gasteiger partial charge < -0.3 is 5.32 Å². The van der Waals surface area contributed by atoms with Crippen LogP contribution in [0.15, 0.2) is 41.2 Å². The van der Waals surface area contributed by atoms with Crippen LogP contribution in [0, 0.1) is 6.92 Å². The van der Waals surface area contributed by atoms with Gasteiger partial charge in [0.25, 0.3) is 5.56 Å². The van der Waals surface area contributed by atoms with Crippen LogP contribution in [0.4, 0.5) is 0 Å². The number of aryl methyl sites for hydroxylation is 2. The Labute approximate surface area is 136 Å². The molecule has 0 atom stereocenters. The molecule has 2 aromatic rings. The van der Waals surface area contributed by atoms with E-state index in [-0.39, 0.29) is 24.4 Å². The van der Waals surface area contributed by atoms with E-state index in [2.05, 4.69) is 17.3 Å². The van der Waals surface area contributed by atoms with Gasteiger partial charge in [0, 0.05) is 24.6 Å². The molecule has 0 spiro atoms. The van der Waals surface area contributed by atoms with Crippen LogP contribution < -0.4 is 10.9 Å². The highest BCUT2D eigenvalue weighted by molar-refractivity contribution is 5.75. The smallest absolute Gasteiger partial charge is 0.266 e. The number of hydrogen-bond donors (Lipinski definition) is 1. The topological polar surface area (TPSA) is 64.0 Å². The average Bonchev–Trinajstić information content (AvgIpc) is 2.55. The molecule has 0 unspecified atom stereocenters. The van der Waals surface area contributed by atoms with E-state index < -0.39 is 0 Å². The fourth-order valence-corrected chi connectivity index (χ4v) is 2.19. The Balaban J connectivity index is 2.04. The molecule has 5 nitrogen and oxygen atoms in total. The van der Waals surface area contributed by atoms with Gasteiger partial charge in [-0.2, -0.15) is 5.10 Å².